The number of imidazole rings is 1. The summed E-state index contributed by atoms with van der Waals surface area (Å²) < 4.78 is 1.32. The van der Waals surface area contributed by atoms with Crippen LogP contribution in [0, 0.1) is 20.2 Å². The summed E-state index contributed by atoms with van der Waals surface area (Å²) in [6.45, 7) is 0. The molecule has 0 fully saturated rings. The first-order chi connectivity index (χ1) is 9.59. The Morgan fingerprint density at radius 1 is 1.15 bits per heavy atom. The van der Waals surface area contributed by atoms with Crippen molar-refractivity contribution >= 4 is 27.8 Å². The molecular formula is C11H6N4O4S. The highest BCUT2D eigenvalue weighted by Crippen LogP contribution is 2.36. The molecular weight excluding hydrogens is 284 g/mol. The van der Waals surface area contributed by atoms with Gasteiger partial charge >= 0.3 is 5.82 Å². The van der Waals surface area contributed by atoms with E-state index in [2.05, 4.69) is 4.98 Å². The highest BCUT2D eigenvalue weighted by atomic mass is 32.1. The minimum atomic E-state index is -0.585. The summed E-state index contributed by atoms with van der Waals surface area (Å²) in [7, 11) is 0. The molecule has 3 rings (SSSR count). The molecule has 8 nitrogen and oxygen atoms in total. The molecule has 0 atom stereocenters. The smallest absolute Gasteiger partial charge is 0.356 e. The van der Waals surface area contributed by atoms with E-state index < -0.39 is 9.85 Å². The van der Waals surface area contributed by atoms with Gasteiger partial charge in [-0.2, -0.15) is 9.38 Å². The number of nitrogens with zero attached hydrogens (tertiary/aromatic N) is 4. The molecule has 0 bridgehead atoms. The second-order valence-corrected chi connectivity index (χ2v) is 4.74. The Hall–Kier alpha value is -2.81. The summed E-state index contributed by atoms with van der Waals surface area (Å²) in [5, 5.41) is 23.9. The van der Waals surface area contributed by atoms with E-state index in [0.717, 1.165) is 0 Å². The fraction of sp³-hybridized carbons (Fsp3) is 0. The predicted octanol–water partition coefficient (Wildman–Crippen LogP) is 2.88. The molecule has 0 radical (unpaired) electrons. The van der Waals surface area contributed by atoms with E-state index in [-0.39, 0.29) is 22.8 Å². The van der Waals surface area contributed by atoms with Crippen molar-refractivity contribution in [2.24, 2.45) is 0 Å². The van der Waals surface area contributed by atoms with E-state index in [0.29, 0.717) is 4.96 Å². The molecule has 0 aliphatic heterocycles. The number of hydrogen-bond donors (Lipinski definition) is 0. The first-order valence-corrected chi connectivity index (χ1v) is 6.31. The summed E-state index contributed by atoms with van der Waals surface area (Å²) in [6.07, 6.45) is 1.52. The minimum absolute atomic E-state index is 0.00847. The van der Waals surface area contributed by atoms with E-state index >= 15 is 0 Å². The molecule has 0 aliphatic carbocycles. The van der Waals surface area contributed by atoms with Gasteiger partial charge in [-0.05, 0) is 11.0 Å². The van der Waals surface area contributed by atoms with Crippen molar-refractivity contribution in [2.75, 3.05) is 0 Å². The quantitative estimate of drug-likeness (QED) is 0.545. The molecule has 0 aliphatic rings. The van der Waals surface area contributed by atoms with Crippen LogP contribution in [0.4, 0.5) is 11.5 Å². The van der Waals surface area contributed by atoms with Crippen LogP contribution in [0.15, 0.2) is 35.8 Å². The summed E-state index contributed by atoms with van der Waals surface area (Å²) >= 11 is 1.23. The van der Waals surface area contributed by atoms with Gasteiger partial charge < -0.3 is 10.1 Å². The van der Waals surface area contributed by atoms with Crippen molar-refractivity contribution in [3.05, 3.63) is 56.1 Å². The SMILES string of the molecule is O=[N+]([O-])c1ccccc1-c1nc2sccn2c1[N+](=O)[O-]. The second-order valence-electron chi connectivity index (χ2n) is 3.87. The van der Waals surface area contributed by atoms with Gasteiger partial charge in [0.05, 0.1) is 10.5 Å². The molecule has 0 amide bonds. The fourth-order valence-electron chi connectivity index (χ4n) is 1.96. The van der Waals surface area contributed by atoms with Gasteiger partial charge in [-0.1, -0.05) is 23.5 Å². The maximum atomic E-state index is 11.2. The molecule has 2 aromatic heterocycles. The van der Waals surface area contributed by atoms with Gasteiger partial charge in [0.15, 0.2) is 5.69 Å². The van der Waals surface area contributed by atoms with Crippen LogP contribution in [0.25, 0.3) is 16.2 Å². The van der Waals surface area contributed by atoms with Crippen molar-refractivity contribution in [1.82, 2.24) is 9.38 Å². The molecule has 9 heteroatoms. The second kappa shape index (κ2) is 4.38. The molecule has 0 unspecified atom stereocenters. The van der Waals surface area contributed by atoms with Crippen molar-refractivity contribution < 1.29 is 9.85 Å². The lowest BCUT2D eigenvalue weighted by Gasteiger charge is -2.00. The van der Waals surface area contributed by atoms with Gasteiger partial charge in [0.2, 0.25) is 0 Å². The first kappa shape index (κ1) is 12.2. The fourth-order valence-corrected chi connectivity index (χ4v) is 2.67. The van der Waals surface area contributed by atoms with Crippen molar-refractivity contribution in [3.63, 3.8) is 0 Å². The van der Waals surface area contributed by atoms with Gasteiger partial charge in [-0.3, -0.25) is 10.1 Å². The molecule has 1 aromatic carbocycles. The minimum Gasteiger partial charge on any atom is -0.358 e. The Labute approximate surface area is 115 Å². The van der Waals surface area contributed by atoms with E-state index in [4.69, 9.17) is 0 Å². The zero-order valence-electron chi connectivity index (χ0n) is 9.79. The number of nitro groups is 2. The Morgan fingerprint density at radius 2 is 1.90 bits per heavy atom. The zero-order chi connectivity index (χ0) is 14.3. The van der Waals surface area contributed by atoms with Gasteiger partial charge in [-0.15, -0.1) is 0 Å². The summed E-state index contributed by atoms with van der Waals surface area (Å²) in [5.74, 6) is -0.268. The van der Waals surface area contributed by atoms with E-state index in [1.54, 1.807) is 11.4 Å². The highest BCUT2D eigenvalue weighted by molar-refractivity contribution is 7.15. The molecule has 2 heterocycles. The number of hydrogen-bond acceptors (Lipinski definition) is 6. The van der Waals surface area contributed by atoms with Gasteiger partial charge in [0.25, 0.3) is 10.6 Å². The van der Waals surface area contributed by atoms with Crippen LogP contribution in [-0.4, -0.2) is 19.2 Å². The number of aromatic nitrogens is 2. The lowest BCUT2D eigenvalue weighted by Crippen LogP contribution is -1.97. The average molecular weight is 290 g/mol. The molecule has 20 heavy (non-hydrogen) atoms. The number of fused-ring (bicyclic) bond motifs is 1. The van der Waals surface area contributed by atoms with Crippen LogP contribution < -0.4 is 0 Å². The standard InChI is InChI=1S/C11H6N4O4S/c16-14(17)8-4-2-1-3-7(8)9-10(15(18)19)13-5-6-20-11(13)12-9/h1-6H. The van der Waals surface area contributed by atoms with Gasteiger partial charge in [0, 0.05) is 11.4 Å². The van der Waals surface area contributed by atoms with Crippen molar-refractivity contribution in [1.29, 1.82) is 0 Å². The molecule has 0 spiro atoms. The summed E-state index contributed by atoms with van der Waals surface area (Å²) in [4.78, 5) is 25.7. The lowest BCUT2D eigenvalue weighted by molar-refractivity contribution is -0.390. The normalized spacial score (nSPS) is 10.8. The lowest BCUT2D eigenvalue weighted by atomic mass is 10.1. The third kappa shape index (κ3) is 1.72. The third-order valence-electron chi connectivity index (χ3n) is 2.77. The van der Waals surface area contributed by atoms with E-state index in [9.17, 15) is 20.2 Å². The Bertz CT molecular complexity index is 838. The maximum Gasteiger partial charge on any atom is 0.356 e. The monoisotopic (exact) mass is 290 g/mol. The zero-order valence-corrected chi connectivity index (χ0v) is 10.6. The Kier molecular flexibility index (Phi) is 2.68. The van der Waals surface area contributed by atoms with Crippen LogP contribution in [0.2, 0.25) is 0 Å². The molecule has 0 saturated heterocycles. The summed E-state index contributed by atoms with van der Waals surface area (Å²) in [5.41, 5.74) is -0.0596. The van der Waals surface area contributed by atoms with Gasteiger partial charge in [-0.25, -0.2) is 0 Å². The topological polar surface area (TPSA) is 104 Å². The maximum absolute atomic E-state index is 11.2. The number of thiazole rings is 1. The summed E-state index contributed by atoms with van der Waals surface area (Å²) in [6, 6.07) is 5.84. The predicted molar refractivity (Wildman–Crippen MR) is 71.8 cm³/mol. The van der Waals surface area contributed by atoms with Crippen LogP contribution in [0.3, 0.4) is 0 Å². The molecule has 0 saturated carbocycles. The molecule has 3 aromatic rings. The van der Waals surface area contributed by atoms with Crippen molar-refractivity contribution in [3.8, 4) is 11.3 Å². The van der Waals surface area contributed by atoms with Gasteiger partial charge in [0.1, 0.15) is 6.20 Å². The Balaban J connectivity index is 2.35. The molecule has 0 N–H and O–H groups in total. The third-order valence-corrected chi connectivity index (χ3v) is 3.52. The van der Waals surface area contributed by atoms with E-state index in [1.807, 2.05) is 0 Å². The molecule has 100 valence electrons. The van der Waals surface area contributed by atoms with E-state index in [1.165, 1.54) is 40.1 Å². The largest absolute Gasteiger partial charge is 0.358 e. The first-order valence-electron chi connectivity index (χ1n) is 5.43. The highest BCUT2D eigenvalue weighted by Gasteiger charge is 2.29. The Morgan fingerprint density at radius 3 is 2.60 bits per heavy atom. The number of nitro benzene ring substituents is 1. The number of rotatable bonds is 3. The van der Waals surface area contributed by atoms with Crippen LogP contribution in [-0.2, 0) is 0 Å². The number of para-hydroxylation sites is 1. The van der Waals surface area contributed by atoms with Crippen molar-refractivity contribution in [2.45, 2.75) is 0 Å². The van der Waals surface area contributed by atoms with Crippen LogP contribution in [0.5, 0.6) is 0 Å². The van der Waals surface area contributed by atoms with Crippen LogP contribution >= 0.6 is 11.3 Å². The van der Waals surface area contributed by atoms with Crippen LogP contribution in [0.1, 0.15) is 0 Å². The number of benzene rings is 1. The average Bonchev–Trinajstić information content (AvgIpc) is 2.97.